The van der Waals surface area contributed by atoms with E-state index < -0.39 is 0 Å². The van der Waals surface area contributed by atoms with Gasteiger partial charge in [-0.25, -0.2) is 0 Å². The number of hydrogen-bond acceptors (Lipinski definition) is 4. The molecule has 92 valence electrons. The van der Waals surface area contributed by atoms with Crippen LogP contribution in [0.5, 0.6) is 0 Å². The number of fused-ring (bicyclic) bond motifs is 1. The fourth-order valence-electron chi connectivity index (χ4n) is 1.76. The molecule has 3 rings (SSSR count). The van der Waals surface area contributed by atoms with Crippen LogP contribution in [0.4, 0.5) is 0 Å². The fraction of sp³-hybridized carbons (Fsp3) is 0. The number of carbonyl (C=O) groups is 1. The first kappa shape index (κ1) is 11.7. The van der Waals surface area contributed by atoms with Gasteiger partial charge in [-0.15, -0.1) is 11.3 Å². The number of rotatable bonds is 3. The Hall–Kier alpha value is -2.33. The summed E-state index contributed by atoms with van der Waals surface area (Å²) in [5.41, 5.74) is 2.62. The number of nitrogens with zero attached hydrogens (tertiary/aromatic N) is 2. The fourth-order valence-corrected chi connectivity index (χ4v) is 2.40. The third-order valence-corrected chi connectivity index (χ3v) is 3.57. The van der Waals surface area contributed by atoms with E-state index in [4.69, 9.17) is 0 Å². The molecule has 2 heterocycles. The van der Waals surface area contributed by atoms with Crippen molar-refractivity contribution in [2.75, 3.05) is 0 Å². The number of thiophene rings is 1. The van der Waals surface area contributed by atoms with E-state index in [1.165, 1.54) is 11.3 Å². The van der Waals surface area contributed by atoms with Crippen molar-refractivity contribution in [1.82, 2.24) is 9.97 Å². The Kier molecular flexibility index (Phi) is 3.16. The molecule has 0 spiro atoms. The first-order valence-corrected chi connectivity index (χ1v) is 6.67. The van der Waals surface area contributed by atoms with E-state index >= 15 is 0 Å². The summed E-state index contributed by atoms with van der Waals surface area (Å²) in [5, 5.41) is 1.90. The van der Waals surface area contributed by atoms with Gasteiger partial charge in [0.25, 0.3) is 0 Å². The Labute approximate surface area is 114 Å². The molecule has 0 saturated carbocycles. The van der Waals surface area contributed by atoms with Crippen molar-refractivity contribution in [2.45, 2.75) is 0 Å². The predicted molar refractivity (Wildman–Crippen MR) is 77.2 cm³/mol. The number of carbonyl (C=O) groups excluding carboxylic acids is 1. The molecule has 0 aliphatic heterocycles. The second-order valence-corrected chi connectivity index (χ2v) is 4.93. The van der Waals surface area contributed by atoms with Crippen molar-refractivity contribution in [2.24, 2.45) is 0 Å². The number of aromatic nitrogens is 2. The normalized spacial score (nSPS) is 11.2. The summed E-state index contributed by atoms with van der Waals surface area (Å²) in [4.78, 5) is 21.0. The van der Waals surface area contributed by atoms with Crippen LogP contribution in [-0.2, 0) is 0 Å². The van der Waals surface area contributed by atoms with Crippen LogP contribution >= 0.6 is 11.3 Å². The molecule has 0 N–H and O–H groups in total. The van der Waals surface area contributed by atoms with Crippen molar-refractivity contribution in [3.05, 3.63) is 64.6 Å². The highest BCUT2D eigenvalue weighted by atomic mass is 32.1. The molecule has 0 amide bonds. The monoisotopic (exact) mass is 266 g/mol. The molecular formula is C15H10N2OS. The molecule has 0 atom stereocenters. The second kappa shape index (κ2) is 5.12. The first-order chi connectivity index (χ1) is 9.33. The van der Waals surface area contributed by atoms with E-state index in [0.29, 0.717) is 0 Å². The highest BCUT2D eigenvalue weighted by Crippen LogP contribution is 2.14. The molecule has 2 aromatic heterocycles. The smallest absolute Gasteiger partial charge is 0.195 e. The van der Waals surface area contributed by atoms with Crippen LogP contribution in [0.1, 0.15) is 15.2 Å². The van der Waals surface area contributed by atoms with Gasteiger partial charge in [-0.1, -0.05) is 18.2 Å². The van der Waals surface area contributed by atoms with Crippen LogP contribution in [0, 0.1) is 0 Å². The lowest BCUT2D eigenvalue weighted by Gasteiger charge is -1.97. The Balaban J connectivity index is 1.87. The summed E-state index contributed by atoms with van der Waals surface area (Å²) in [5.74, 6) is 0.0224. The molecular weight excluding hydrogens is 256 g/mol. The molecule has 0 unspecified atom stereocenters. The van der Waals surface area contributed by atoms with E-state index in [1.54, 1.807) is 24.5 Å². The molecule has 0 bridgehead atoms. The minimum atomic E-state index is 0.0224. The predicted octanol–water partition coefficient (Wildman–Crippen LogP) is 3.59. The molecule has 3 aromatic rings. The van der Waals surface area contributed by atoms with Gasteiger partial charge in [0.2, 0.25) is 0 Å². The molecule has 0 fully saturated rings. The quantitative estimate of drug-likeness (QED) is 0.537. The zero-order valence-electron chi connectivity index (χ0n) is 9.98. The summed E-state index contributed by atoms with van der Waals surface area (Å²) in [6.07, 6.45) is 6.71. The van der Waals surface area contributed by atoms with Gasteiger partial charge in [-0.3, -0.25) is 14.8 Å². The lowest BCUT2D eigenvalue weighted by molar-refractivity contribution is 0.105. The summed E-state index contributed by atoms with van der Waals surface area (Å²) in [6, 6.07) is 9.44. The second-order valence-electron chi connectivity index (χ2n) is 3.98. The van der Waals surface area contributed by atoms with Crippen molar-refractivity contribution < 1.29 is 4.79 Å². The number of benzene rings is 1. The van der Waals surface area contributed by atoms with Gasteiger partial charge in [0.15, 0.2) is 5.78 Å². The molecule has 4 heteroatoms. The first-order valence-electron chi connectivity index (χ1n) is 5.79. The molecule has 0 saturated heterocycles. The van der Waals surface area contributed by atoms with E-state index in [0.717, 1.165) is 21.5 Å². The Morgan fingerprint density at radius 1 is 1.11 bits per heavy atom. The third kappa shape index (κ3) is 2.58. The van der Waals surface area contributed by atoms with Gasteiger partial charge in [0.05, 0.1) is 15.9 Å². The average Bonchev–Trinajstić information content (AvgIpc) is 2.99. The van der Waals surface area contributed by atoms with Crippen molar-refractivity contribution in [3.63, 3.8) is 0 Å². The van der Waals surface area contributed by atoms with Crippen LogP contribution in [0.3, 0.4) is 0 Å². The SMILES string of the molecule is O=C(C=Cc1ccc2nccnc2c1)c1cccs1. The minimum absolute atomic E-state index is 0.0224. The van der Waals surface area contributed by atoms with Gasteiger partial charge >= 0.3 is 0 Å². The maximum absolute atomic E-state index is 11.8. The van der Waals surface area contributed by atoms with E-state index in [-0.39, 0.29) is 5.78 Å². The molecule has 0 aliphatic rings. The summed E-state index contributed by atoms with van der Waals surface area (Å²) < 4.78 is 0. The largest absolute Gasteiger partial charge is 0.288 e. The van der Waals surface area contributed by atoms with Crippen LogP contribution in [0.2, 0.25) is 0 Å². The Morgan fingerprint density at radius 3 is 2.74 bits per heavy atom. The van der Waals surface area contributed by atoms with Gasteiger partial charge in [-0.05, 0) is 35.2 Å². The van der Waals surface area contributed by atoms with E-state index in [9.17, 15) is 4.79 Å². The maximum Gasteiger partial charge on any atom is 0.195 e. The van der Waals surface area contributed by atoms with Crippen LogP contribution < -0.4 is 0 Å². The molecule has 1 aromatic carbocycles. The molecule has 0 aliphatic carbocycles. The highest BCUT2D eigenvalue weighted by molar-refractivity contribution is 7.12. The Morgan fingerprint density at radius 2 is 1.95 bits per heavy atom. The van der Waals surface area contributed by atoms with Gasteiger partial charge in [0.1, 0.15) is 0 Å². The number of hydrogen-bond donors (Lipinski definition) is 0. The minimum Gasteiger partial charge on any atom is -0.288 e. The van der Waals surface area contributed by atoms with Gasteiger partial charge in [-0.2, -0.15) is 0 Å². The van der Waals surface area contributed by atoms with Gasteiger partial charge in [0, 0.05) is 12.4 Å². The lowest BCUT2D eigenvalue weighted by Crippen LogP contribution is -1.89. The van der Waals surface area contributed by atoms with Crippen LogP contribution in [0.15, 0.2) is 54.2 Å². The topological polar surface area (TPSA) is 42.9 Å². The third-order valence-electron chi connectivity index (χ3n) is 2.68. The van der Waals surface area contributed by atoms with Crippen molar-refractivity contribution in [1.29, 1.82) is 0 Å². The van der Waals surface area contributed by atoms with Gasteiger partial charge < -0.3 is 0 Å². The molecule has 19 heavy (non-hydrogen) atoms. The molecule has 0 radical (unpaired) electrons. The van der Waals surface area contributed by atoms with Crippen molar-refractivity contribution >= 4 is 34.2 Å². The zero-order chi connectivity index (χ0) is 13.1. The van der Waals surface area contributed by atoms with Crippen LogP contribution in [0.25, 0.3) is 17.1 Å². The Bertz CT molecular complexity index is 748. The lowest BCUT2D eigenvalue weighted by atomic mass is 10.1. The summed E-state index contributed by atoms with van der Waals surface area (Å²) in [7, 11) is 0. The van der Waals surface area contributed by atoms with E-state index in [2.05, 4.69) is 9.97 Å². The summed E-state index contributed by atoms with van der Waals surface area (Å²) in [6.45, 7) is 0. The maximum atomic E-state index is 11.8. The standard InChI is InChI=1S/C15H10N2OS/c18-14(15-2-1-9-19-15)6-4-11-3-5-12-13(10-11)17-8-7-16-12/h1-10H. The number of allylic oxidation sites excluding steroid dienone is 1. The highest BCUT2D eigenvalue weighted by Gasteiger charge is 2.02. The average molecular weight is 266 g/mol. The zero-order valence-corrected chi connectivity index (χ0v) is 10.8. The van der Waals surface area contributed by atoms with Crippen LogP contribution in [-0.4, -0.2) is 15.8 Å². The van der Waals surface area contributed by atoms with Crippen molar-refractivity contribution in [3.8, 4) is 0 Å². The number of ketones is 1. The van der Waals surface area contributed by atoms with E-state index in [1.807, 2.05) is 35.7 Å². The summed E-state index contributed by atoms with van der Waals surface area (Å²) >= 11 is 1.45. The molecule has 3 nitrogen and oxygen atoms in total.